The number of ether oxygens (including phenoxy) is 1. The number of anilines is 1. The third-order valence-electron chi connectivity index (χ3n) is 3.74. The van der Waals surface area contributed by atoms with Crippen LogP contribution in [0.4, 0.5) is 5.69 Å². The highest BCUT2D eigenvalue weighted by Crippen LogP contribution is 2.25. The normalized spacial score (nSPS) is 10.3. The van der Waals surface area contributed by atoms with Crippen LogP contribution in [0.5, 0.6) is 0 Å². The van der Waals surface area contributed by atoms with Crippen molar-refractivity contribution >= 4 is 40.1 Å². The number of nitriles is 1. The van der Waals surface area contributed by atoms with Crippen LogP contribution in [-0.4, -0.2) is 18.5 Å². The van der Waals surface area contributed by atoms with Crippen molar-refractivity contribution < 1.29 is 18.7 Å². The maximum absolute atomic E-state index is 12.2. The molecule has 7 heteroatoms. The van der Waals surface area contributed by atoms with Crippen LogP contribution >= 0.6 is 11.6 Å². The second kappa shape index (κ2) is 7.30. The molecule has 1 heterocycles. The lowest BCUT2D eigenvalue weighted by Crippen LogP contribution is -2.21. The van der Waals surface area contributed by atoms with Crippen molar-refractivity contribution in [3.8, 4) is 6.07 Å². The Kier molecular flexibility index (Phi) is 4.92. The highest BCUT2D eigenvalue weighted by atomic mass is 35.5. The fourth-order valence-electron chi connectivity index (χ4n) is 2.47. The first-order chi connectivity index (χ1) is 12.5. The number of furan rings is 1. The van der Waals surface area contributed by atoms with Gasteiger partial charge in [0, 0.05) is 16.0 Å². The molecule has 0 spiro atoms. The maximum atomic E-state index is 12.2. The SMILES string of the molecule is Cc1c(C(=O)OCC(=O)Nc2cc(Cl)ccc2C#N)oc2ccccc12. The number of para-hydroxylation sites is 1. The van der Waals surface area contributed by atoms with Gasteiger partial charge in [-0.05, 0) is 31.2 Å². The zero-order valence-corrected chi connectivity index (χ0v) is 14.5. The van der Waals surface area contributed by atoms with Gasteiger partial charge in [-0.2, -0.15) is 5.26 Å². The minimum Gasteiger partial charge on any atom is -0.450 e. The van der Waals surface area contributed by atoms with Gasteiger partial charge in [-0.25, -0.2) is 4.79 Å². The summed E-state index contributed by atoms with van der Waals surface area (Å²) < 4.78 is 10.5. The molecule has 0 saturated heterocycles. The molecule has 2 aromatic carbocycles. The number of hydrogen-bond acceptors (Lipinski definition) is 5. The van der Waals surface area contributed by atoms with E-state index in [0.29, 0.717) is 16.2 Å². The van der Waals surface area contributed by atoms with E-state index in [1.165, 1.54) is 12.1 Å². The molecule has 0 aliphatic carbocycles. The summed E-state index contributed by atoms with van der Waals surface area (Å²) in [5, 5.41) is 12.7. The number of carbonyl (C=O) groups excluding carboxylic acids is 2. The average Bonchev–Trinajstić information content (AvgIpc) is 2.97. The summed E-state index contributed by atoms with van der Waals surface area (Å²) in [4.78, 5) is 24.2. The van der Waals surface area contributed by atoms with E-state index in [9.17, 15) is 9.59 Å². The van der Waals surface area contributed by atoms with Crippen molar-refractivity contribution in [3.63, 3.8) is 0 Å². The number of carbonyl (C=O) groups is 2. The predicted molar refractivity (Wildman–Crippen MR) is 96.0 cm³/mol. The first kappa shape index (κ1) is 17.5. The molecule has 0 fully saturated rings. The van der Waals surface area contributed by atoms with Gasteiger partial charge in [-0.3, -0.25) is 4.79 Å². The van der Waals surface area contributed by atoms with Gasteiger partial charge in [0.15, 0.2) is 6.61 Å². The third-order valence-corrected chi connectivity index (χ3v) is 3.97. The lowest BCUT2D eigenvalue weighted by molar-refractivity contribution is -0.119. The molecule has 6 nitrogen and oxygen atoms in total. The number of rotatable bonds is 4. The van der Waals surface area contributed by atoms with E-state index in [1.807, 2.05) is 18.2 Å². The van der Waals surface area contributed by atoms with Crippen molar-refractivity contribution in [3.05, 3.63) is 64.4 Å². The molecule has 0 bridgehead atoms. The number of amides is 1. The third kappa shape index (κ3) is 3.53. The fourth-order valence-corrected chi connectivity index (χ4v) is 2.64. The number of fused-ring (bicyclic) bond motifs is 1. The smallest absolute Gasteiger partial charge is 0.375 e. The predicted octanol–water partition coefficient (Wildman–Crippen LogP) is 4.06. The number of benzene rings is 2. The van der Waals surface area contributed by atoms with Gasteiger partial charge in [-0.1, -0.05) is 29.8 Å². The van der Waals surface area contributed by atoms with Crippen LogP contribution in [0.25, 0.3) is 11.0 Å². The second-order valence-corrected chi connectivity index (χ2v) is 5.91. The largest absolute Gasteiger partial charge is 0.450 e. The number of nitrogens with zero attached hydrogens (tertiary/aromatic N) is 1. The van der Waals surface area contributed by atoms with Gasteiger partial charge in [0.05, 0.1) is 11.3 Å². The first-order valence-corrected chi connectivity index (χ1v) is 8.02. The quantitative estimate of drug-likeness (QED) is 0.701. The first-order valence-electron chi connectivity index (χ1n) is 7.64. The van der Waals surface area contributed by atoms with Crippen molar-refractivity contribution in [2.75, 3.05) is 11.9 Å². The molecule has 0 saturated carbocycles. The molecule has 1 aromatic heterocycles. The summed E-state index contributed by atoms with van der Waals surface area (Å²) in [7, 11) is 0. The number of esters is 1. The average molecular weight is 369 g/mol. The van der Waals surface area contributed by atoms with E-state index in [0.717, 1.165) is 5.39 Å². The van der Waals surface area contributed by atoms with Crippen LogP contribution in [0.1, 0.15) is 21.7 Å². The van der Waals surface area contributed by atoms with Gasteiger partial charge in [0.2, 0.25) is 5.76 Å². The Morgan fingerprint density at radius 1 is 1.27 bits per heavy atom. The monoisotopic (exact) mass is 368 g/mol. The minimum absolute atomic E-state index is 0.0551. The highest BCUT2D eigenvalue weighted by molar-refractivity contribution is 6.31. The zero-order valence-electron chi connectivity index (χ0n) is 13.7. The van der Waals surface area contributed by atoms with Crippen molar-refractivity contribution in [2.24, 2.45) is 0 Å². The summed E-state index contributed by atoms with van der Waals surface area (Å²) in [6, 6.07) is 13.6. The van der Waals surface area contributed by atoms with Crippen LogP contribution in [0.15, 0.2) is 46.9 Å². The van der Waals surface area contributed by atoms with Crippen molar-refractivity contribution in [1.82, 2.24) is 0 Å². The molecule has 0 radical (unpaired) electrons. The van der Waals surface area contributed by atoms with Crippen molar-refractivity contribution in [1.29, 1.82) is 5.26 Å². The Bertz CT molecular complexity index is 1050. The van der Waals surface area contributed by atoms with E-state index >= 15 is 0 Å². The van der Waals surface area contributed by atoms with Gasteiger partial charge in [0.25, 0.3) is 5.91 Å². The van der Waals surface area contributed by atoms with E-state index in [4.69, 9.17) is 26.0 Å². The minimum atomic E-state index is -0.736. The van der Waals surface area contributed by atoms with Gasteiger partial charge >= 0.3 is 5.97 Å². The number of halogens is 1. The van der Waals surface area contributed by atoms with Gasteiger partial charge < -0.3 is 14.5 Å². The van der Waals surface area contributed by atoms with E-state index < -0.39 is 18.5 Å². The van der Waals surface area contributed by atoms with Gasteiger partial charge in [0.1, 0.15) is 11.7 Å². The van der Waals surface area contributed by atoms with Crippen LogP contribution < -0.4 is 5.32 Å². The Hall–Kier alpha value is -3.30. The molecular weight excluding hydrogens is 356 g/mol. The molecule has 0 unspecified atom stereocenters. The van der Waals surface area contributed by atoms with Gasteiger partial charge in [-0.15, -0.1) is 0 Å². The van der Waals surface area contributed by atoms with E-state index in [1.54, 1.807) is 25.1 Å². The summed E-state index contributed by atoms with van der Waals surface area (Å²) in [5.74, 6) is -1.27. The topological polar surface area (TPSA) is 92.3 Å². The van der Waals surface area contributed by atoms with E-state index in [2.05, 4.69) is 5.32 Å². The number of aryl methyl sites for hydroxylation is 1. The lowest BCUT2D eigenvalue weighted by atomic mass is 10.1. The lowest BCUT2D eigenvalue weighted by Gasteiger charge is -2.08. The second-order valence-electron chi connectivity index (χ2n) is 5.48. The molecular formula is C19H13ClN2O4. The molecule has 3 aromatic rings. The summed E-state index contributed by atoms with van der Waals surface area (Å²) in [6.07, 6.45) is 0. The molecule has 0 aliphatic rings. The highest BCUT2D eigenvalue weighted by Gasteiger charge is 2.20. The van der Waals surface area contributed by atoms with Crippen LogP contribution in [0.2, 0.25) is 5.02 Å². The van der Waals surface area contributed by atoms with Crippen LogP contribution in [-0.2, 0) is 9.53 Å². The molecule has 26 heavy (non-hydrogen) atoms. The summed E-state index contributed by atoms with van der Waals surface area (Å²) in [6.45, 7) is 1.22. The van der Waals surface area contributed by atoms with E-state index in [-0.39, 0.29) is 17.0 Å². The van der Waals surface area contributed by atoms with Crippen LogP contribution in [0, 0.1) is 18.3 Å². The van der Waals surface area contributed by atoms with Crippen molar-refractivity contribution in [2.45, 2.75) is 6.92 Å². The Balaban J connectivity index is 1.68. The molecule has 0 aliphatic heterocycles. The Morgan fingerprint density at radius 3 is 2.77 bits per heavy atom. The molecule has 1 amide bonds. The summed E-state index contributed by atoms with van der Waals surface area (Å²) >= 11 is 5.86. The Labute approximate surface area is 153 Å². The summed E-state index contributed by atoms with van der Waals surface area (Å²) in [5.41, 5.74) is 1.72. The fraction of sp³-hybridized carbons (Fsp3) is 0.105. The van der Waals surface area contributed by atoms with Crippen LogP contribution in [0.3, 0.4) is 0 Å². The molecule has 130 valence electrons. The molecule has 0 atom stereocenters. The number of nitrogens with one attached hydrogen (secondary N) is 1. The molecule has 3 rings (SSSR count). The standard InChI is InChI=1S/C19H13ClN2O4/c1-11-14-4-2-3-5-16(14)26-18(11)19(24)25-10-17(23)22-15-8-13(20)7-6-12(15)9-21/h2-8H,10H2,1H3,(H,22,23). The molecule has 1 N–H and O–H groups in total. The Morgan fingerprint density at radius 2 is 2.04 bits per heavy atom. The maximum Gasteiger partial charge on any atom is 0.375 e. The number of hydrogen-bond donors (Lipinski definition) is 1. The zero-order chi connectivity index (χ0) is 18.7.